The van der Waals surface area contributed by atoms with Crippen molar-refractivity contribution in [1.82, 2.24) is 58.6 Å². The Morgan fingerprint density at radius 2 is 1.03 bits per heavy atom. The lowest BCUT2D eigenvalue weighted by Gasteiger charge is -2.27. The van der Waals surface area contributed by atoms with E-state index in [1.165, 1.54) is 45.3 Å². The van der Waals surface area contributed by atoms with Gasteiger partial charge in [0, 0.05) is 0 Å². The average molecular weight is 958 g/mol. The van der Waals surface area contributed by atoms with Crippen LogP contribution in [0.4, 0.5) is 17.5 Å². The average Bonchev–Trinajstić information content (AvgIpc) is 4.11. The number of hydrogen-bond donors (Lipinski definition) is 10. The van der Waals surface area contributed by atoms with Gasteiger partial charge in [-0.25, -0.2) is 49.4 Å². The van der Waals surface area contributed by atoms with E-state index in [4.69, 9.17) is 61.3 Å². The van der Waals surface area contributed by atoms with Gasteiger partial charge < -0.3 is 66.4 Å². The van der Waals surface area contributed by atoms with E-state index in [-0.39, 0.29) is 50.9 Å². The van der Waals surface area contributed by atoms with Crippen LogP contribution < -0.4 is 17.2 Å². The summed E-state index contributed by atoms with van der Waals surface area (Å²) >= 11 is 9.44. The molecule has 0 aliphatic carbocycles. The summed E-state index contributed by atoms with van der Waals surface area (Å²) in [5, 5.41) is 54.4. The minimum Gasteiger partial charge on any atom is -0.394 e. The van der Waals surface area contributed by atoms with Crippen LogP contribution in [-0.2, 0) is 48.7 Å². The molecule has 3 aliphatic heterocycles. The molecule has 9 rings (SSSR count). The fraction of sp³-hybridized carbons (Fsp3) is 0.500. The number of aromatic nitrogens is 12. The number of anilines is 3. The first-order valence-corrected chi connectivity index (χ1v) is 23.7. The topological polar surface area (TPSA) is 412 Å². The molecule has 3 fully saturated rings. The summed E-state index contributed by atoms with van der Waals surface area (Å²) in [6.07, 6.45) is -9.98. The number of nitrogens with two attached hydrogens (primary N) is 3. The summed E-state index contributed by atoms with van der Waals surface area (Å²) in [6.45, 7) is -10.9. The van der Waals surface area contributed by atoms with E-state index >= 15 is 0 Å². The molecule has 14 atom stereocenters. The van der Waals surface area contributed by atoms with Gasteiger partial charge in [0.05, 0.1) is 38.8 Å². The Morgan fingerprint density at radius 3 is 1.54 bits per heavy atom. The molecular weight excluding hydrogens is 921 g/mol. The fourth-order valence-corrected chi connectivity index (χ4v) is 10.2. The third-order valence-corrected chi connectivity index (χ3v) is 13.6. The minimum atomic E-state index is -4.56. The third kappa shape index (κ3) is 8.12. The number of fused-ring (bicyclic) bond motifs is 3. The van der Waals surface area contributed by atoms with Crippen LogP contribution in [0.5, 0.6) is 0 Å². The molecule has 3 saturated heterocycles. The number of ether oxygens (including phenoxy) is 3. The molecule has 33 heteroatoms. The van der Waals surface area contributed by atoms with E-state index < -0.39 is 107 Å². The zero-order valence-electron chi connectivity index (χ0n) is 31.8. The molecule has 0 amide bonds. The van der Waals surface area contributed by atoms with Gasteiger partial charge in [0.25, 0.3) is 0 Å². The van der Waals surface area contributed by atoms with E-state index in [1.54, 1.807) is 0 Å². The van der Waals surface area contributed by atoms with Crippen LogP contribution in [0.3, 0.4) is 0 Å². The van der Waals surface area contributed by atoms with Crippen LogP contribution in [0, 0.1) is 0 Å². The highest BCUT2D eigenvalue weighted by Crippen LogP contribution is 2.58. The summed E-state index contributed by atoms with van der Waals surface area (Å²) in [5.41, 5.74) is 18.9. The summed E-state index contributed by atoms with van der Waals surface area (Å²) in [5.74, 6) is 0.135. The SMILES string of the molecule is Nc1ncnc2c1ncn2[C@@H]1O[C@H](COP(=O)(S)O[C@@H]2[C@H](O)[C@@H](COP(O)(=S)O[C@@H]3[C@H](O)[C@@H](CO)O[C@H]3n3cnc4c(N)ncnc43)O[C@H]2n2cnc3c(N)ncnc32)[C@@H](O)[C@H]1O. The van der Waals surface area contributed by atoms with Crippen molar-refractivity contribution >= 4 is 88.5 Å². The lowest BCUT2D eigenvalue weighted by Crippen LogP contribution is -2.36. The molecule has 0 aromatic carbocycles. The van der Waals surface area contributed by atoms with E-state index in [0.29, 0.717) is 0 Å². The van der Waals surface area contributed by atoms with Gasteiger partial charge >= 0.3 is 13.5 Å². The third-order valence-electron chi connectivity index (χ3n) is 10.4. The number of hydrogen-bond acceptors (Lipinski definition) is 26. The minimum absolute atomic E-state index is 0.00520. The number of thiol groups is 1. The van der Waals surface area contributed by atoms with Crippen LogP contribution in [0.2, 0.25) is 0 Å². The zero-order chi connectivity index (χ0) is 44.5. The molecule has 0 radical (unpaired) electrons. The van der Waals surface area contributed by atoms with Crippen molar-refractivity contribution in [1.29, 1.82) is 0 Å². The molecule has 9 heterocycles. The van der Waals surface area contributed by atoms with Crippen molar-refractivity contribution in [2.45, 2.75) is 73.6 Å². The Hall–Kier alpha value is -4.24. The van der Waals surface area contributed by atoms with Crippen LogP contribution in [0.1, 0.15) is 18.7 Å². The van der Waals surface area contributed by atoms with Gasteiger partial charge in [0.2, 0.25) is 0 Å². The summed E-state index contributed by atoms with van der Waals surface area (Å²) < 4.78 is 58.5. The highest BCUT2D eigenvalue weighted by molar-refractivity contribution is 8.44. The molecule has 6 aromatic heterocycles. The molecule has 29 nitrogen and oxygen atoms in total. The molecule has 338 valence electrons. The van der Waals surface area contributed by atoms with Crippen LogP contribution in [-0.4, -0.2) is 164 Å². The van der Waals surface area contributed by atoms with E-state index in [1.807, 2.05) is 0 Å². The largest absolute Gasteiger partial charge is 0.394 e. The normalized spacial score (nSPS) is 31.9. The quantitative estimate of drug-likeness (QED) is 0.0396. The van der Waals surface area contributed by atoms with Crippen molar-refractivity contribution in [2.24, 2.45) is 0 Å². The Morgan fingerprint density at radius 1 is 0.619 bits per heavy atom. The number of nitrogen functional groups attached to an aromatic ring is 3. The number of rotatable bonds is 14. The van der Waals surface area contributed by atoms with Gasteiger partial charge in [0.1, 0.15) is 90.5 Å². The maximum absolute atomic E-state index is 13.9. The smallest absolute Gasteiger partial charge is 0.386 e. The summed E-state index contributed by atoms with van der Waals surface area (Å²) in [4.78, 5) is 48.1. The van der Waals surface area contributed by atoms with Gasteiger partial charge in [-0.1, -0.05) is 12.2 Å². The first kappa shape index (κ1) is 44.0. The molecule has 12 N–H and O–H groups in total. The van der Waals surface area contributed by atoms with Crippen molar-refractivity contribution in [2.75, 3.05) is 37.0 Å². The van der Waals surface area contributed by atoms with Crippen molar-refractivity contribution in [3.8, 4) is 0 Å². The van der Waals surface area contributed by atoms with Crippen molar-refractivity contribution < 1.29 is 67.3 Å². The van der Waals surface area contributed by atoms with E-state index in [2.05, 4.69) is 57.1 Å². The van der Waals surface area contributed by atoms with E-state index in [0.717, 1.165) is 6.33 Å². The maximum atomic E-state index is 13.9. The molecule has 63 heavy (non-hydrogen) atoms. The van der Waals surface area contributed by atoms with Crippen molar-refractivity contribution in [3.63, 3.8) is 0 Å². The monoisotopic (exact) mass is 957 g/mol. The predicted molar refractivity (Wildman–Crippen MR) is 217 cm³/mol. The molecule has 0 spiro atoms. The standard InChI is InChI=1S/C30H37N15O14P2S2/c31-22-13-25(37-4-34-22)43(7-40-13)28-19(50)16(47)11(56-28)2-53-60(51,62)59-21-18(49)12(57-30(21)45-9-42-15-24(33)36-6-39-27(15)45)3-54-61(52,63)58-20-17(48)10(1-46)55-29(20)44-8-41-14-23(32)35-5-38-26(14)44/h4-12,16-21,28-30,46-50H,1-3H2,(H,51,62)(H,52,63)(H2,31,34,37)(H2,32,35,38)(H2,33,36,39)/t10-,11-,12-,16-,17-,18-,19-,20-,21-,28-,29-,30-,60?,61?/m1/s1. The fourth-order valence-electron chi connectivity index (χ4n) is 7.37. The maximum Gasteiger partial charge on any atom is 0.386 e. The molecule has 6 aromatic rings. The highest BCUT2D eigenvalue weighted by Gasteiger charge is 2.52. The summed E-state index contributed by atoms with van der Waals surface area (Å²) in [7, 11) is 0. The molecule has 3 aliphatic rings. The van der Waals surface area contributed by atoms with Crippen molar-refractivity contribution in [3.05, 3.63) is 38.0 Å². The van der Waals surface area contributed by atoms with Gasteiger partial charge in [-0.05, 0) is 11.8 Å². The Balaban J connectivity index is 0.913. The molecule has 0 saturated carbocycles. The predicted octanol–water partition coefficient (Wildman–Crippen LogP) is -2.56. The van der Waals surface area contributed by atoms with Gasteiger partial charge in [-0.3, -0.25) is 27.3 Å². The van der Waals surface area contributed by atoms with Gasteiger partial charge in [-0.2, -0.15) is 0 Å². The second-order valence-corrected chi connectivity index (χ2v) is 19.9. The zero-order valence-corrected chi connectivity index (χ0v) is 35.3. The Kier molecular flexibility index (Phi) is 11.8. The molecular formula is C30H37N15O14P2S2. The lowest BCUT2D eigenvalue weighted by molar-refractivity contribution is -0.0580. The number of imidazole rings is 3. The van der Waals surface area contributed by atoms with Gasteiger partial charge in [0.15, 0.2) is 53.1 Å². The number of nitrogens with zero attached hydrogens (tertiary/aromatic N) is 12. The van der Waals surface area contributed by atoms with Crippen LogP contribution >= 0.6 is 25.8 Å². The first-order valence-electron chi connectivity index (χ1n) is 18.5. The lowest BCUT2D eigenvalue weighted by atomic mass is 10.1. The van der Waals surface area contributed by atoms with Gasteiger partial charge in [-0.15, -0.1) is 0 Å². The molecule has 2 unspecified atom stereocenters. The second-order valence-electron chi connectivity index (χ2n) is 14.3. The van der Waals surface area contributed by atoms with Crippen LogP contribution in [0.25, 0.3) is 33.5 Å². The highest BCUT2D eigenvalue weighted by atomic mass is 32.7. The Labute approximate surface area is 362 Å². The number of aliphatic hydroxyl groups is 5. The second kappa shape index (κ2) is 17.0. The Bertz CT molecular complexity index is 2750. The van der Waals surface area contributed by atoms with Crippen LogP contribution in [0.15, 0.2) is 38.0 Å². The number of aliphatic hydroxyl groups excluding tert-OH is 5. The van der Waals surface area contributed by atoms with E-state index in [9.17, 15) is 35.0 Å². The summed E-state index contributed by atoms with van der Waals surface area (Å²) in [6, 6.07) is 0. The molecule has 0 bridgehead atoms. The first-order chi connectivity index (χ1) is 30.1.